The van der Waals surface area contributed by atoms with E-state index in [4.69, 9.17) is 24.9 Å². The van der Waals surface area contributed by atoms with Crippen LogP contribution in [0, 0.1) is 0 Å². The van der Waals surface area contributed by atoms with E-state index < -0.39 is 6.16 Å². The van der Waals surface area contributed by atoms with E-state index in [9.17, 15) is 0 Å². The number of aliphatic hydroxyl groups excluding tert-OH is 2. The van der Waals surface area contributed by atoms with Crippen LogP contribution < -0.4 is 0 Å². The van der Waals surface area contributed by atoms with Gasteiger partial charge in [-0.1, -0.05) is 0 Å². The fourth-order valence-electron chi connectivity index (χ4n) is 0.0412. The molecule has 0 aromatic heterocycles. The summed E-state index contributed by atoms with van der Waals surface area (Å²) in [4.78, 5) is 18.2. The van der Waals surface area contributed by atoms with Gasteiger partial charge in [-0.15, -0.1) is 0 Å². The van der Waals surface area contributed by atoms with E-state index in [2.05, 4.69) is 4.74 Å². The van der Waals surface area contributed by atoms with Crippen molar-refractivity contribution in [2.45, 2.75) is 0 Å². The van der Waals surface area contributed by atoms with Gasteiger partial charge < -0.3 is 20.1 Å². The molecule has 0 saturated heterocycles. The molecule has 0 radical (unpaired) electrons. The fraction of sp³-hybridized carbons (Fsp3) is 0.500. The number of hydrogen-bond acceptors (Lipinski definition) is 5. The second-order valence-corrected chi connectivity index (χ2v) is 0.927. The minimum Gasteiger partial charge on any atom is -0.449 e. The molecule has 6 heteroatoms. The maximum Gasteiger partial charge on any atom is 0.513 e. The molecule has 0 aliphatic carbocycles. The Bertz CT molecular complexity index is 87.7. The lowest BCUT2D eigenvalue weighted by Crippen LogP contribution is -1.95. The summed E-state index contributed by atoms with van der Waals surface area (Å²) in [5.74, 6) is 0. The molecule has 6 nitrogen and oxygen atoms in total. The van der Waals surface area contributed by atoms with E-state index in [1.165, 1.54) is 0 Å². The second kappa shape index (κ2) is 10.8. The van der Waals surface area contributed by atoms with Gasteiger partial charge in [-0.3, -0.25) is 4.79 Å². The summed E-state index contributed by atoms with van der Waals surface area (Å²) in [6.07, 6.45) is -1.58. The molecular weight excluding hydrogens is 144 g/mol. The molecule has 0 heterocycles. The molecule has 3 N–H and O–H groups in total. The van der Waals surface area contributed by atoms with Crippen LogP contribution in [0.1, 0.15) is 0 Å². The van der Waals surface area contributed by atoms with Crippen LogP contribution in [0.15, 0.2) is 0 Å². The lowest BCUT2D eigenvalue weighted by Gasteiger charge is -1.77. The average Bonchev–Trinajstić information content (AvgIpc) is 1.89. The summed E-state index contributed by atoms with van der Waals surface area (Å²) >= 11 is 0. The van der Waals surface area contributed by atoms with Crippen LogP contribution in [-0.2, 0) is 9.53 Å². The van der Waals surface area contributed by atoms with E-state index in [0.29, 0.717) is 0 Å². The molecule has 0 spiro atoms. The van der Waals surface area contributed by atoms with Gasteiger partial charge in [-0.25, -0.2) is 4.79 Å². The quantitative estimate of drug-likeness (QED) is 0.261. The van der Waals surface area contributed by atoms with E-state index >= 15 is 0 Å². The van der Waals surface area contributed by atoms with Gasteiger partial charge in [0.15, 0.2) is 0 Å². The van der Waals surface area contributed by atoms with Crippen molar-refractivity contribution in [1.82, 2.24) is 0 Å². The molecule has 0 saturated carbocycles. The minimum atomic E-state index is -1.58. The lowest BCUT2D eigenvalue weighted by atomic mass is 10.8. The molecular formula is C4H8O6. The van der Waals surface area contributed by atoms with E-state index in [1.807, 2.05) is 0 Å². The fourth-order valence-corrected chi connectivity index (χ4v) is 0.0412. The molecule has 0 aromatic rings. The maximum absolute atomic E-state index is 9.15. The van der Waals surface area contributed by atoms with Gasteiger partial charge in [-0.05, 0) is 0 Å². The van der Waals surface area contributed by atoms with Gasteiger partial charge in [0.1, 0.15) is 0 Å². The van der Waals surface area contributed by atoms with Gasteiger partial charge >= 0.3 is 12.6 Å². The minimum absolute atomic E-state index is 0.125. The first kappa shape index (κ1) is 11.6. The predicted molar refractivity (Wildman–Crippen MR) is 29.3 cm³/mol. The Kier molecular flexibility index (Phi) is 12.5. The summed E-state index contributed by atoms with van der Waals surface area (Å²) in [5, 5.41) is 22.7. The van der Waals surface area contributed by atoms with E-state index in [1.54, 1.807) is 0 Å². The predicted octanol–water partition coefficient (Wildman–Crippen LogP) is -1.19. The molecule has 0 rings (SSSR count). The van der Waals surface area contributed by atoms with Crippen molar-refractivity contribution in [3.8, 4) is 0 Å². The molecule has 60 valence electrons. The summed E-state index contributed by atoms with van der Waals surface area (Å²) in [6.45, 7) is -0.400. The molecule has 10 heavy (non-hydrogen) atoms. The number of rotatable bonds is 2. The first-order chi connectivity index (χ1) is 4.68. The van der Waals surface area contributed by atoms with Crippen LogP contribution in [0.3, 0.4) is 0 Å². The highest BCUT2D eigenvalue weighted by Gasteiger charge is 1.87. The Morgan fingerprint density at radius 2 is 1.80 bits per heavy atom. The molecule has 0 unspecified atom stereocenters. The van der Waals surface area contributed by atoms with E-state index in [-0.39, 0.29) is 19.7 Å². The Morgan fingerprint density at radius 1 is 1.40 bits per heavy atom. The Hall–Kier alpha value is -1.14. The normalized spacial score (nSPS) is 7.00. The third-order valence-electron chi connectivity index (χ3n) is 0.249. The highest BCUT2D eigenvalue weighted by Crippen LogP contribution is 1.62. The Morgan fingerprint density at radius 3 is 1.80 bits per heavy atom. The molecule has 0 fully saturated rings. The summed E-state index contributed by atoms with van der Waals surface area (Å²) in [7, 11) is 0. The van der Waals surface area contributed by atoms with Crippen LogP contribution in [0.25, 0.3) is 0 Å². The molecule has 0 amide bonds. The number of aliphatic hydroxyl groups is 2. The smallest absolute Gasteiger partial charge is 0.449 e. The van der Waals surface area contributed by atoms with Crippen molar-refractivity contribution in [2.75, 3.05) is 13.2 Å². The SMILES string of the molecule is O=COC(=O)O.OCCO. The maximum atomic E-state index is 9.15. The van der Waals surface area contributed by atoms with Gasteiger partial charge in [-0.2, -0.15) is 0 Å². The van der Waals surface area contributed by atoms with Crippen molar-refractivity contribution < 1.29 is 29.6 Å². The zero-order valence-corrected chi connectivity index (χ0v) is 5.06. The molecule has 0 aliphatic heterocycles. The zero-order valence-electron chi connectivity index (χ0n) is 5.06. The first-order valence-electron chi connectivity index (χ1n) is 2.24. The third-order valence-corrected chi connectivity index (χ3v) is 0.249. The number of carbonyl (C=O) groups is 2. The number of hydrogen-bond donors (Lipinski definition) is 3. The van der Waals surface area contributed by atoms with Gasteiger partial charge in [0.05, 0.1) is 13.2 Å². The molecule has 0 bridgehead atoms. The van der Waals surface area contributed by atoms with Gasteiger partial charge in [0.25, 0.3) is 0 Å². The standard InChI is InChI=1S/C2H2O4.C2H6O2/c3-1-6-2(4)5;3-1-2-4/h1H,(H,4,5);3-4H,1-2H2. The van der Waals surface area contributed by atoms with Crippen LogP contribution >= 0.6 is 0 Å². The van der Waals surface area contributed by atoms with Crippen LogP contribution in [0.4, 0.5) is 4.79 Å². The first-order valence-corrected chi connectivity index (χ1v) is 2.24. The zero-order chi connectivity index (χ0) is 8.41. The summed E-state index contributed by atoms with van der Waals surface area (Å²) < 4.78 is 3.28. The van der Waals surface area contributed by atoms with Crippen molar-refractivity contribution in [3.63, 3.8) is 0 Å². The van der Waals surface area contributed by atoms with Crippen molar-refractivity contribution in [2.24, 2.45) is 0 Å². The monoisotopic (exact) mass is 152 g/mol. The van der Waals surface area contributed by atoms with Gasteiger partial charge in [0, 0.05) is 0 Å². The van der Waals surface area contributed by atoms with Crippen LogP contribution in [0.2, 0.25) is 0 Å². The van der Waals surface area contributed by atoms with Gasteiger partial charge in [0.2, 0.25) is 0 Å². The number of ether oxygens (including phenoxy) is 1. The largest absolute Gasteiger partial charge is 0.513 e. The van der Waals surface area contributed by atoms with E-state index in [0.717, 1.165) is 0 Å². The van der Waals surface area contributed by atoms with Crippen molar-refractivity contribution >= 4 is 12.6 Å². The Balaban J connectivity index is 0. The molecule has 0 aliphatic rings. The molecule has 0 atom stereocenters. The Labute approximate surface area is 56.7 Å². The summed E-state index contributed by atoms with van der Waals surface area (Å²) in [5.41, 5.74) is 0. The second-order valence-electron chi connectivity index (χ2n) is 0.927. The average molecular weight is 152 g/mol. The highest BCUT2D eigenvalue weighted by atomic mass is 16.7. The topological polar surface area (TPSA) is 104 Å². The van der Waals surface area contributed by atoms with Crippen molar-refractivity contribution in [1.29, 1.82) is 0 Å². The number of carboxylic acid groups (broad SMARTS) is 1. The lowest BCUT2D eigenvalue weighted by molar-refractivity contribution is -0.124. The third kappa shape index (κ3) is 28.8. The van der Waals surface area contributed by atoms with Crippen molar-refractivity contribution in [3.05, 3.63) is 0 Å². The number of carbonyl (C=O) groups excluding carboxylic acids is 1. The molecule has 0 aromatic carbocycles. The highest BCUT2D eigenvalue weighted by molar-refractivity contribution is 5.66. The van der Waals surface area contributed by atoms with Crippen LogP contribution in [-0.4, -0.2) is 41.2 Å². The summed E-state index contributed by atoms with van der Waals surface area (Å²) in [6, 6.07) is 0. The van der Waals surface area contributed by atoms with Crippen LogP contribution in [0.5, 0.6) is 0 Å².